The number of likely N-dealkylation sites (tertiary alicyclic amines) is 3. The van der Waals surface area contributed by atoms with Gasteiger partial charge in [0.05, 0.1) is 38.2 Å². The monoisotopic (exact) mass is 679 g/mol. The fraction of sp³-hybridized carbons (Fsp3) is 0.500. The quantitative estimate of drug-likeness (QED) is 0.205. The van der Waals surface area contributed by atoms with Gasteiger partial charge in [0.1, 0.15) is 12.1 Å². The molecule has 3 aliphatic rings. The maximum Gasteiger partial charge on any atom is 0.246 e. The number of hydrogen-bond donors (Lipinski definition) is 2. The second-order valence-corrected chi connectivity index (χ2v) is 15.2. The third-order valence-corrected chi connectivity index (χ3v) is 11.6. The molecule has 3 aromatic carbocycles. The SMILES string of the molecule is CCCC[N+]1(C)CCC[C@H](CNC(=O)[C@H]2CCCN2C(=O)[C@@H]2C[C@@H](O)CN2C(=O)CC(c2ccccc2)(c2ccccc2)c2ccccc2)C1. The van der Waals surface area contributed by atoms with Crippen LogP contribution in [0.4, 0.5) is 0 Å². The molecule has 0 bridgehead atoms. The van der Waals surface area contributed by atoms with E-state index in [2.05, 4.69) is 55.7 Å². The van der Waals surface area contributed by atoms with Crippen molar-refractivity contribution in [2.24, 2.45) is 5.92 Å². The number of aliphatic hydroxyl groups is 1. The number of nitrogens with zero attached hydrogens (tertiary/aromatic N) is 3. The van der Waals surface area contributed by atoms with E-state index >= 15 is 0 Å². The molecule has 3 aliphatic heterocycles. The van der Waals surface area contributed by atoms with E-state index < -0.39 is 23.6 Å². The van der Waals surface area contributed by atoms with Gasteiger partial charge in [-0.25, -0.2) is 0 Å². The molecule has 0 saturated carbocycles. The lowest BCUT2D eigenvalue weighted by molar-refractivity contribution is -0.917. The van der Waals surface area contributed by atoms with Gasteiger partial charge in [-0.2, -0.15) is 0 Å². The molecule has 1 unspecified atom stereocenters. The number of β-amino-alcohol motifs (C(OH)–C–C–N with tert-alkyl or cyclic N) is 1. The minimum atomic E-state index is -0.819. The third-order valence-electron chi connectivity index (χ3n) is 11.6. The first kappa shape index (κ1) is 35.8. The highest BCUT2D eigenvalue weighted by Gasteiger charge is 2.47. The van der Waals surface area contributed by atoms with Crippen molar-refractivity contribution in [1.82, 2.24) is 15.1 Å². The van der Waals surface area contributed by atoms with Gasteiger partial charge in [-0.1, -0.05) is 104 Å². The van der Waals surface area contributed by atoms with Crippen molar-refractivity contribution in [2.75, 3.05) is 46.3 Å². The lowest BCUT2D eigenvalue weighted by Crippen LogP contribution is -2.55. The van der Waals surface area contributed by atoms with Gasteiger partial charge < -0.3 is 24.7 Å². The topological polar surface area (TPSA) is 89.9 Å². The van der Waals surface area contributed by atoms with Crippen molar-refractivity contribution in [1.29, 1.82) is 0 Å². The molecule has 5 atom stereocenters. The number of carbonyl (C=O) groups excluding carboxylic acids is 3. The van der Waals surface area contributed by atoms with Crippen LogP contribution in [0.1, 0.15) is 75.0 Å². The van der Waals surface area contributed by atoms with Crippen molar-refractivity contribution in [3.05, 3.63) is 108 Å². The van der Waals surface area contributed by atoms with Crippen molar-refractivity contribution < 1.29 is 24.0 Å². The summed E-state index contributed by atoms with van der Waals surface area (Å²) < 4.78 is 1.07. The van der Waals surface area contributed by atoms with Crippen molar-refractivity contribution in [3.63, 3.8) is 0 Å². The number of piperidine rings is 1. The summed E-state index contributed by atoms with van der Waals surface area (Å²) in [6, 6.07) is 28.8. The number of unbranched alkanes of at least 4 members (excludes halogenated alkanes) is 1. The van der Waals surface area contributed by atoms with E-state index in [9.17, 15) is 19.5 Å². The molecule has 3 saturated heterocycles. The minimum absolute atomic E-state index is 0.0858. The molecular formula is C42H55N4O4+. The summed E-state index contributed by atoms with van der Waals surface area (Å²) in [5.74, 6) is -0.105. The Labute approximate surface area is 298 Å². The van der Waals surface area contributed by atoms with Crippen molar-refractivity contribution >= 4 is 17.7 Å². The molecule has 0 radical (unpaired) electrons. The van der Waals surface area contributed by atoms with Gasteiger partial charge in [0, 0.05) is 38.4 Å². The molecule has 3 heterocycles. The summed E-state index contributed by atoms with van der Waals surface area (Å²) in [5, 5.41) is 14.1. The van der Waals surface area contributed by atoms with Gasteiger partial charge in [-0.3, -0.25) is 14.4 Å². The van der Waals surface area contributed by atoms with Crippen LogP contribution in [0, 0.1) is 5.92 Å². The van der Waals surface area contributed by atoms with E-state index in [4.69, 9.17) is 0 Å². The molecule has 2 N–H and O–H groups in total. The Kier molecular flexibility index (Phi) is 11.4. The number of benzene rings is 3. The predicted octanol–water partition coefficient (Wildman–Crippen LogP) is 5.14. The molecule has 0 aliphatic carbocycles. The zero-order chi connectivity index (χ0) is 35.1. The Bertz CT molecular complexity index is 1490. The maximum absolute atomic E-state index is 14.6. The Morgan fingerprint density at radius 3 is 2.02 bits per heavy atom. The van der Waals surface area contributed by atoms with E-state index in [1.807, 2.05) is 54.6 Å². The highest BCUT2D eigenvalue weighted by molar-refractivity contribution is 5.93. The summed E-state index contributed by atoms with van der Waals surface area (Å²) in [7, 11) is 2.34. The molecule has 8 heteroatoms. The van der Waals surface area contributed by atoms with Gasteiger partial charge in [0.25, 0.3) is 0 Å². The second kappa shape index (κ2) is 15.9. The van der Waals surface area contributed by atoms with Crippen LogP contribution in [0.15, 0.2) is 91.0 Å². The van der Waals surface area contributed by atoms with Crippen LogP contribution in [-0.2, 0) is 19.8 Å². The van der Waals surface area contributed by atoms with E-state index in [1.165, 1.54) is 32.4 Å². The molecule has 3 amide bonds. The van der Waals surface area contributed by atoms with E-state index in [1.54, 1.807) is 9.80 Å². The molecule has 3 fully saturated rings. The summed E-state index contributed by atoms with van der Waals surface area (Å²) in [6.07, 6.45) is 5.48. The first-order chi connectivity index (χ1) is 24.2. The Balaban J connectivity index is 1.20. The first-order valence-corrected chi connectivity index (χ1v) is 18.8. The fourth-order valence-electron chi connectivity index (χ4n) is 8.96. The predicted molar refractivity (Wildman–Crippen MR) is 196 cm³/mol. The van der Waals surface area contributed by atoms with Crippen LogP contribution in [0.2, 0.25) is 0 Å². The van der Waals surface area contributed by atoms with Crippen LogP contribution in [-0.4, -0.2) is 102 Å². The highest BCUT2D eigenvalue weighted by atomic mass is 16.3. The second-order valence-electron chi connectivity index (χ2n) is 15.2. The lowest BCUT2D eigenvalue weighted by Gasteiger charge is -2.41. The Hall–Kier alpha value is -4.01. The molecule has 6 rings (SSSR count). The van der Waals surface area contributed by atoms with Crippen molar-refractivity contribution in [2.45, 2.75) is 81.9 Å². The molecule has 0 spiro atoms. The average molecular weight is 680 g/mol. The molecule has 266 valence electrons. The number of aliphatic hydroxyl groups excluding tert-OH is 1. The number of amides is 3. The Morgan fingerprint density at radius 1 is 0.840 bits per heavy atom. The van der Waals surface area contributed by atoms with Crippen LogP contribution >= 0.6 is 0 Å². The summed E-state index contributed by atoms with van der Waals surface area (Å²) in [4.78, 5) is 45.9. The zero-order valence-electron chi connectivity index (χ0n) is 29.9. The fourth-order valence-corrected chi connectivity index (χ4v) is 8.96. The largest absolute Gasteiger partial charge is 0.391 e. The maximum atomic E-state index is 14.6. The summed E-state index contributed by atoms with van der Waals surface area (Å²) in [6.45, 7) is 6.87. The van der Waals surface area contributed by atoms with Gasteiger partial charge >= 0.3 is 0 Å². The van der Waals surface area contributed by atoms with Crippen LogP contribution in [0.3, 0.4) is 0 Å². The smallest absolute Gasteiger partial charge is 0.246 e. The third kappa shape index (κ3) is 7.66. The van der Waals surface area contributed by atoms with Gasteiger partial charge in [0.2, 0.25) is 17.7 Å². The zero-order valence-corrected chi connectivity index (χ0v) is 29.9. The number of carbonyl (C=O) groups is 3. The van der Waals surface area contributed by atoms with E-state index in [0.29, 0.717) is 25.4 Å². The van der Waals surface area contributed by atoms with Crippen molar-refractivity contribution in [3.8, 4) is 0 Å². The molecule has 50 heavy (non-hydrogen) atoms. The van der Waals surface area contributed by atoms with Crippen LogP contribution in [0.25, 0.3) is 0 Å². The number of quaternary nitrogens is 1. The highest BCUT2D eigenvalue weighted by Crippen LogP contribution is 2.43. The van der Waals surface area contributed by atoms with Crippen LogP contribution in [0.5, 0.6) is 0 Å². The lowest BCUT2D eigenvalue weighted by atomic mass is 9.67. The van der Waals surface area contributed by atoms with Gasteiger partial charge in [0.15, 0.2) is 0 Å². The standard InChI is InChI=1S/C42H54N4O4/c1-3-4-25-46(2)26-15-16-32(31-46)29-43-40(49)37-23-14-24-44(37)41(50)38-27-36(47)30-45(38)39(48)28-42(33-17-8-5-9-18-33,34-19-10-6-11-20-34)35-21-12-7-13-22-35/h5-13,17-22,32,36-38,47H,3-4,14-16,23-31H2,1-2H3/p+1/t32-,36-,37-,38+,46?/m1/s1. The number of nitrogens with one attached hydrogen (secondary N) is 1. The van der Waals surface area contributed by atoms with Gasteiger partial charge in [-0.05, 0) is 48.8 Å². The average Bonchev–Trinajstić information content (AvgIpc) is 3.80. The summed E-state index contributed by atoms with van der Waals surface area (Å²) >= 11 is 0. The summed E-state index contributed by atoms with van der Waals surface area (Å²) in [5.41, 5.74) is 2.12. The molecule has 0 aromatic heterocycles. The van der Waals surface area contributed by atoms with E-state index in [0.717, 1.165) is 40.6 Å². The number of hydrogen-bond acceptors (Lipinski definition) is 4. The van der Waals surface area contributed by atoms with Gasteiger partial charge in [-0.15, -0.1) is 0 Å². The normalized spacial score (nSPS) is 25.4. The van der Waals surface area contributed by atoms with E-state index in [-0.39, 0.29) is 37.1 Å². The molecule has 3 aromatic rings. The first-order valence-electron chi connectivity index (χ1n) is 18.8. The Morgan fingerprint density at radius 2 is 1.44 bits per heavy atom. The number of rotatable bonds is 12. The molecular weight excluding hydrogens is 624 g/mol. The molecule has 8 nitrogen and oxygen atoms in total. The minimum Gasteiger partial charge on any atom is -0.391 e. The van der Waals surface area contributed by atoms with Crippen LogP contribution < -0.4 is 5.32 Å².